The van der Waals surface area contributed by atoms with Crippen molar-refractivity contribution in [3.8, 4) is 0 Å². The molecule has 0 spiro atoms. The number of carbonyl (C=O) groups excluding carboxylic acids is 2. The van der Waals surface area contributed by atoms with Gasteiger partial charge in [-0.05, 0) is 19.8 Å². The first kappa shape index (κ1) is 12.4. The molecule has 2 rings (SSSR count). The van der Waals surface area contributed by atoms with E-state index < -0.39 is 0 Å². The van der Waals surface area contributed by atoms with Gasteiger partial charge in [-0.3, -0.25) is 9.59 Å². The van der Waals surface area contributed by atoms with Crippen LogP contribution in [0.1, 0.15) is 26.7 Å². The van der Waals surface area contributed by atoms with E-state index in [0.717, 1.165) is 39.0 Å². The first-order valence-corrected chi connectivity index (χ1v) is 6.39. The molecule has 2 aliphatic heterocycles. The van der Waals surface area contributed by atoms with Crippen LogP contribution in [0.25, 0.3) is 0 Å². The van der Waals surface area contributed by atoms with Crippen LogP contribution < -0.4 is 5.32 Å². The minimum atomic E-state index is -0.215. The number of amides is 2. The van der Waals surface area contributed by atoms with Gasteiger partial charge in [-0.1, -0.05) is 0 Å². The molecule has 2 aliphatic rings. The summed E-state index contributed by atoms with van der Waals surface area (Å²) in [5, 5.41) is 3.27. The number of hydrogen-bond acceptors (Lipinski definition) is 3. The quantitative estimate of drug-likeness (QED) is 0.690. The lowest BCUT2D eigenvalue weighted by Crippen LogP contribution is -2.57. The zero-order valence-corrected chi connectivity index (χ0v) is 10.6. The fourth-order valence-electron chi connectivity index (χ4n) is 2.76. The molecule has 5 nitrogen and oxygen atoms in total. The highest BCUT2D eigenvalue weighted by Gasteiger charge is 2.36. The van der Waals surface area contributed by atoms with Crippen LogP contribution in [0.15, 0.2) is 0 Å². The number of carbonyl (C=O) groups is 2. The number of hydrogen-bond donors (Lipinski definition) is 1. The summed E-state index contributed by atoms with van der Waals surface area (Å²) in [4.78, 5) is 27.5. The molecule has 0 aromatic rings. The third-order valence-corrected chi connectivity index (χ3v) is 3.73. The van der Waals surface area contributed by atoms with Gasteiger partial charge in [-0.15, -0.1) is 0 Å². The minimum Gasteiger partial charge on any atom is -0.336 e. The van der Waals surface area contributed by atoms with Gasteiger partial charge in [-0.2, -0.15) is 0 Å². The van der Waals surface area contributed by atoms with Gasteiger partial charge >= 0.3 is 0 Å². The van der Waals surface area contributed by atoms with Crippen LogP contribution in [0.2, 0.25) is 0 Å². The van der Waals surface area contributed by atoms with Crippen LogP contribution in [0.3, 0.4) is 0 Å². The molecule has 2 heterocycles. The van der Waals surface area contributed by atoms with Gasteiger partial charge in [-0.25, -0.2) is 0 Å². The van der Waals surface area contributed by atoms with Crippen molar-refractivity contribution in [2.75, 3.05) is 26.2 Å². The van der Waals surface area contributed by atoms with E-state index in [0.29, 0.717) is 0 Å². The molecule has 0 radical (unpaired) electrons. The Balaban J connectivity index is 2.05. The summed E-state index contributed by atoms with van der Waals surface area (Å²) in [5.41, 5.74) is 0. The van der Waals surface area contributed by atoms with Gasteiger partial charge < -0.3 is 15.1 Å². The maximum Gasteiger partial charge on any atom is 0.245 e. The van der Waals surface area contributed by atoms with Crippen molar-refractivity contribution < 1.29 is 9.59 Å². The Labute approximate surface area is 102 Å². The molecule has 2 amide bonds. The summed E-state index contributed by atoms with van der Waals surface area (Å²) in [5.74, 6) is 0.148. The van der Waals surface area contributed by atoms with Gasteiger partial charge in [0.2, 0.25) is 11.8 Å². The lowest BCUT2D eigenvalue weighted by molar-refractivity contribution is -0.144. The molecular weight excluding hydrogens is 218 g/mol. The largest absolute Gasteiger partial charge is 0.336 e. The topological polar surface area (TPSA) is 52.7 Å². The number of rotatable bonds is 1. The van der Waals surface area contributed by atoms with Crippen LogP contribution in [0, 0.1) is 0 Å². The lowest BCUT2D eigenvalue weighted by atomic mass is 10.1. The molecular formula is C12H21N3O2. The normalized spacial score (nSPS) is 29.5. The highest BCUT2D eigenvalue weighted by Crippen LogP contribution is 2.20. The van der Waals surface area contributed by atoms with E-state index in [1.807, 2.05) is 4.90 Å². The summed E-state index contributed by atoms with van der Waals surface area (Å²) in [6.45, 7) is 6.78. The molecule has 2 fully saturated rings. The van der Waals surface area contributed by atoms with E-state index in [1.54, 1.807) is 11.8 Å². The van der Waals surface area contributed by atoms with Crippen molar-refractivity contribution in [2.45, 2.75) is 38.8 Å². The second-order valence-electron chi connectivity index (χ2n) is 4.96. The third kappa shape index (κ3) is 2.44. The van der Waals surface area contributed by atoms with Crippen molar-refractivity contribution >= 4 is 11.8 Å². The minimum absolute atomic E-state index is 0.0173. The first-order valence-electron chi connectivity index (χ1n) is 6.39. The first-order chi connectivity index (χ1) is 8.11. The molecule has 1 N–H and O–H groups in total. The summed E-state index contributed by atoms with van der Waals surface area (Å²) < 4.78 is 0. The molecule has 2 atom stereocenters. The number of nitrogens with one attached hydrogen (secondary N) is 1. The molecule has 0 aromatic carbocycles. The Morgan fingerprint density at radius 3 is 2.65 bits per heavy atom. The monoisotopic (exact) mass is 239 g/mol. The maximum absolute atomic E-state index is 12.4. The maximum atomic E-state index is 12.4. The Morgan fingerprint density at radius 1 is 1.24 bits per heavy atom. The Kier molecular flexibility index (Phi) is 3.66. The van der Waals surface area contributed by atoms with Crippen molar-refractivity contribution in [3.63, 3.8) is 0 Å². The van der Waals surface area contributed by atoms with Crippen LogP contribution in [-0.2, 0) is 9.59 Å². The second kappa shape index (κ2) is 5.04. The van der Waals surface area contributed by atoms with Crippen LogP contribution in [-0.4, -0.2) is 59.9 Å². The smallest absolute Gasteiger partial charge is 0.245 e. The van der Waals surface area contributed by atoms with Gasteiger partial charge in [0.15, 0.2) is 0 Å². The van der Waals surface area contributed by atoms with Gasteiger partial charge in [0.05, 0.1) is 0 Å². The molecule has 0 aliphatic carbocycles. The van der Waals surface area contributed by atoms with E-state index in [2.05, 4.69) is 12.2 Å². The van der Waals surface area contributed by atoms with Crippen molar-refractivity contribution in [3.05, 3.63) is 0 Å². The summed E-state index contributed by atoms with van der Waals surface area (Å²) in [7, 11) is 0. The molecule has 0 aromatic heterocycles. The number of piperazine rings is 1. The van der Waals surface area contributed by atoms with E-state index in [-0.39, 0.29) is 23.9 Å². The molecule has 5 heteroatoms. The fraction of sp³-hybridized carbons (Fsp3) is 0.833. The highest BCUT2D eigenvalue weighted by molar-refractivity contribution is 5.87. The van der Waals surface area contributed by atoms with Crippen LogP contribution in [0.4, 0.5) is 0 Å². The number of nitrogens with zero attached hydrogens (tertiary/aromatic N) is 2. The molecule has 96 valence electrons. The van der Waals surface area contributed by atoms with Gasteiger partial charge in [0.1, 0.15) is 6.04 Å². The van der Waals surface area contributed by atoms with E-state index >= 15 is 0 Å². The molecule has 17 heavy (non-hydrogen) atoms. The van der Waals surface area contributed by atoms with Crippen molar-refractivity contribution in [2.24, 2.45) is 0 Å². The van der Waals surface area contributed by atoms with E-state index in [9.17, 15) is 9.59 Å². The number of likely N-dealkylation sites (tertiary alicyclic amines) is 1. The van der Waals surface area contributed by atoms with E-state index in [1.165, 1.54) is 0 Å². The summed E-state index contributed by atoms with van der Waals surface area (Å²) >= 11 is 0. The van der Waals surface area contributed by atoms with Gasteiger partial charge in [0, 0.05) is 39.1 Å². The fourth-order valence-corrected chi connectivity index (χ4v) is 2.76. The van der Waals surface area contributed by atoms with Crippen LogP contribution >= 0.6 is 0 Å². The zero-order valence-electron chi connectivity index (χ0n) is 10.6. The predicted molar refractivity (Wildman–Crippen MR) is 64.5 cm³/mol. The SMILES string of the molecule is CC(=O)N1CCCC1C(=O)N1CCNC[C@H]1C. The molecule has 2 saturated heterocycles. The van der Waals surface area contributed by atoms with Crippen molar-refractivity contribution in [1.82, 2.24) is 15.1 Å². The Morgan fingerprint density at radius 2 is 2.00 bits per heavy atom. The van der Waals surface area contributed by atoms with E-state index in [4.69, 9.17) is 0 Å². The second-order valence-corrected chi connectivity index (χ2v) is 4.96. The summed E-state index contributed by atoms with van der Waals surface area (Å²) in [6, 6.07) is 0.0127. The lowest BCUT2D eigenvalue weighted by Gasteiger charge is -2.37. The third-order valence-electron chi connectivity index (χ3n) is 3.73. The molecule has 0 saturated carbocycles. The molecule has 0 bridgehead atoms. The zero-order chi connectivity index (χ0) is 12.4. The Hall–Kier alpha value is -1.10. The van der Waals surface area contributed by atoms with Crippen molar-refractivity contribution in [1.29, 1.82) is 0 Å². The standard InChI is InChI=1S/C12H21N3O2/c1-9-8-13-5-7-14(9)12(17)11-4-3-6-15(11)10(2)16/h9,11,13H,3-8H2,1-2H3/t9-,11?/m1/s1. The Bertz CT molecular complexity index is 319. The van der Waals surface area contributed by atoms with Gasteiger partial charge in [0.25, 0.3) is 0 Å². The van der Waals surface area contributed by atoms with Crippen LogP contribution in [0.5, 0.6) is 0 Å². The highest BCUT2D eigenvalue weighted by atomic mass is 16.2. The predicted octanol–water partition coefficient (Wildman–Crippen LogP) is -0.182. The average molecular weight is 239 g/mol. The average Bonchev–Trinajstić information content (AvgIpc) is 2.77. The molecule has 1 unspecified atom stereocenters. The summed E-state index contributed by atoms with van der Waals surface area (Å²) in [6.07, 6.45) is 1.76.